The minimum absolute atomic E-state index is 0.148. The summed E-state index contributed by atoms with van der Waals surface area (Å²) < 4.78 is 0. The molecule has 0 aliphatic rings. The number of benzene rings is 1. The van der Waals surface area contributed by atoms with Crippen LogP contribution in [0, 0.1) is 0 Å². The van der Waals surface area contributed by atoms with E-state index in [9.17, 15) is 4.79 Å². The molecule has 0 aromatic heterocycles. The molecule has 0 radical (unpaired) electrons. The van der Waals surface area contributed by atoms with Crippen molar-refractivity contribution in [3.8, 4) is 0 Å². The van der Waals surface area contributed by atoms with Crippen molar-refractivity contribution in [2.45, 2.75) is 26.2 Å². The minimum atomic E-state index is 0.148. The van der Waals surface area contributed by atoms with Crippen molar-refractivity contribution in [1.29, 1.82) is 0 Å². The predicted octanol–water partition coefficient (Wildman–Crippen LogP) is 2.46. The Labute approximate surface area is 114 Å². The van der Waals surface area contributed by atoms with Gasteiger partial charge in [0, 0.05) is 12.2 Å². The van der Waals surface area contributed by atoms with Gasteiger partial charge in [0.05, 0.1) is 5.75 Å². The normalized spacial score (nSPS) is 10.3. The number of anilines is 1. The van der Waals surface area contributed by atoms with Gasteiger partial charge < -0.3 is 11.1 Å². The van der Waals surface area contributed by atoms with E-state index in [1.54, 1.807) is 11.8 Å². The second-order valence-corrected chi connectivity index (χ2v) is 5.35. The van der Waals surface area contributed by atoms with Crippen LogP contribution in [0.1, 0.15) is 25.3 Å². The average molecular weight is 266 g/mol. The molecule has 3 nitrogen and oxygen atoms in total. The molecule has 0 aliphatic heterocycles. The van der Waals surface area contributed by atoms with Crippen molar-refractivity contribution in [1.82, 2.24) is 5.32 Å². The quantitative estimate of drug-likeness (QED) is 0.561. The molecule has 0 fully saturated rings. The number of hydrogen-bond donors (Lipinski definition) is 2. The maximum Gasteiger partial charge on any atom is 0.229 e. The van der Waals surface area contributed by atoms with E-state index >= 15 is 0 Å². The first-order valence-electron chi connectivity index (χ1n) is 6.41. The highest BCUT2D eigenvalue weighted by atomic mass is 32.2. The van der Waals surface area contributed by atoms with Gasteiger partial charge in [-0.25, -0.2) is 0 Å². The van der Waals surface area contributed by atoms with E-state index in [0.717, 1.165) is 37.2 Å². The van der Waals surface area contributed by atoms with Gasteiger partial charge in [0.25, 0.3) is 0 Å². The summed E-state index contributed by atoms with van der Waals surface area (Å²) in [5.74, 6) is 1.74. The van der Waals surface area contributed by atoms with E-state index in [0.29, 0.717) is 5.75 Å². The Morgan fingerprint density at radius 3 is 2.72 bits per heavy atom. The molecule has 0 spiro atoms. The van der Waals surface area contributed by atoms with E-state index in [1.165, 1.54) is 5.56 Å². The molecule has 1 rings (SSSR count). The molecule has 0 unspecified atom stereocenters. The Balaban J connectivity index is 2.05. The van der Waals surface area contributed by atoms with Crippen LogP contribution in [0.25, 0.3) is 0 Å². The molecule has 1 aromatic carbocycles. The fraction of sp³-hybridized carbons (Fsp3) is 0.500. The smallest absolute Gasteiger partial charge is 0.229 e. The molecule has 1 aromatic rings. The second kappa shape index (κ2) is 8.86. The van der Waals surface area contributed by atoms with Gasteiger partial charge in [-0.1, -0.05) is 19.1 Å². The monoisotopic (exact) mass is 266 g/mol. The molecule has 100 valence electrons. The summed E-state index contributed by atoms with van der Waals surface area (Å²) in [6.45, 7) is 2.84. The van der Waals surface area contributed by atoms with Crippen molar-refractivity contribution in [2.24, 2.45) is 0 Å². The van der Waals surface area contributed by atoms with Gasteiger partial charge in [0.2, 0.25) is 5.91 Å². The highest BCUT2D eigenvalue weighted by Gasteiger charge is 2.00. The van der Waals surface area contributed by atoms with Gasteiger partial charge in [-0.15, -0.1) is 0 Å². The summed E-state index contributed by atoms with van der Waals surface area (Å²) in [4.78, 5) is 11.3. The summed E-state index contributed by atoms with van der Waals surface area (Å²) in [7, 11) is 0. The SMILES string of the molecule is CCCNC(=O)CSCCCc1ccc(N)cc1. The van der Waals surface area contributed by atoms with Crippen molar-refractivity contribution in [3.63, 3.8) is 0 Å². The number of aryl methyl sites for hydroxylation is 1. The second-order valence-electron chi connectivity index (χ2n) is 4.25. The third-order valence-corrected chi connectivity index (χ3v) is 3.58. The lowest BCUT2D eigenvalue weighted by molar-refractivity contribution is -0.118. The first-order valence-corrected chi connectivity index (χ1v) is 7.56. The van der Waals surface area contributed by atoms with Crippen molar-refractivity contribution < 1.29 is 4.79 Å². The number of nitrogens with two attached hydrogens (primary N) is 1. The first kappa shape index (κ1) is 14.9. The number of carbonyl (C=O) groups excluding carboxylic acids is 1. The van der Waals surface area contributed by atoms with Crippen molar-refractivity contribution >= 4 is 23.4 Å². The van der Waals surface area contributed by atoms with Gasteiger partial charge in [-0.05, 0) is 42.7 Å². The highest BCUT2D eigenvalue weighted by molar-refractivity contribution is 7.99. The molecule has 4 heteroatoms. The Kier molecular flexibility index (Phi) is 7.34. The molecular weight excluding hydrogens is 244 g/mol. The number of carbonyl (C=O) groups is 1. The van der Waals surface area contributed by atoms with Crippen LogP contribution in [-0.4, -0.2) is 24.0 Å². The Morgan fingerprint density at radius 2 is 2.06 bits per heavy atom. The molecule has 0 atom stereocenters. The maximum absolute atomic E-state index is 11.3. The molecule has 18 heavy (non-hydrogen) atoms. The summed E-state index contributed by atoms with van der Waals surface area (Å²) in [5.41, 5.74) is 7.74. The Morgan fingerprint density at radius 1 is 1.33 bits per heavy atom. The minimum Gasteiger partial charge on any atom is -0.399 e. The highest BCUT2D eigenvalue weighted by Crippen LogP contribution is 2.10. The van der Waals surface area contributed by atoms with E-state index in [1.807, 2.05) is 12.1 Å². The zero-order chi connectivity index (χ0) is 13.2. The summed E-state index contributed by atoms with van der Waals surface area (Å²) >= 11 is 1.70. The Bertz CT molecular complexity index is 351. The van der Waals surface area contributed by atoms with Crippen molar-refractivity contribution in [3.05, 3.63) is 29.8 Å². The fourth-order valence-corrected chi connectivity index (χ4v) is 2.32. The largest absolute Gasteiger partial charge is 0.399 e. The Hall–Kier alpha value is -1.16. The van der Waals surface area contributed by atoms with Gasteiger partial charge >= 0.3 is 0 Å². The van der Waals surface area contributed by atoms with Crippen molar-refractivity contribution in [2.75, 3.05) is 23.8 Å². The lowest BCUT2D eigenvalue weighted by atomic mass is 10.1. The summed E-state index contributed by atoms with van der Waals surface area (Å²) in [5, 5.41) is 2.87. The van der Waals surface area contributed by atoms with E-state index < -0.39 is 0 Å². The van der Waals surface area contributed by atoms with Crippen LogP contribution < -0.4 is 11.1 Å². The van der Waals surface area contributed by atoms with Crippen LogP contribution in [0.5, 0.6) is 0 Å². The summed E-state index contributed by atoms with van der Waals surface area (Å²) in [6.07, 6.45) is 3.13. The van der Waals surface area contributed by atoms with Crippen LogP contribution in [0.4, 0.5) is 5.69 Å². The fourth-order valence-electron chi connectivity index (χ4n) is 1.54. The molecule has 1 amide bonds. The first-order chi connectivity index (χ1) is 8.72. The van der Waals surface area contributed by atoms with E-state index in [2.05, 4.69) is 24.4 Å². The number of rotatable bonds is 8. The summed E-state index contributed by atoms with van der Waals surface area (Å²) in [6, 6.07) is 7.99. The number of hydrogen-bond acceptors (Lipinski definition) is 3. The number of nitrogen functional groups attached to an aromatic ring is 1. The zero-order valence-corrected chi connectivity index (χ0v) is 11.8. The maximum atomic E-state index is 11.3. The van der Waals surface area contributed by atoms with Crippen LogP contribution in [-0.2, 0) is 11.2 Å². The number of thioether (sulfide) groups is 1. The molecule has 0 saturated heterocycles. The molecular formula is C14H22N2OS. The molecule has 0 bridgehead atoms. The van der Waals surface area contributed by atoms with Crippen LogP contribution >= 0.6 is 11.8 Å². The molecule has 0 heterocycles. The average Bonchev–Trinajstić information content (AvgIpc) is 2.38. The third kappa shape index (κ3) is 6.55. The zero-order valence-electron chi connectivity index (χ0n) is 10.9. The lowest BCUT2D eigenvalue weighted by Gasteiger charge is -2.04. The van der Waals surface area contributed by atoms with Crippen LogP contribution in [0.15, 0.2) is 24.3 Å². The van der Waals surface area contributed by atoms with E-state index in [-0.39, 0.29) is 5.91 Å². The lowest BCUT2D eigenvalue weighted by Crippen LogP contribution is -2.25. The van der Waals surface area contributed by atoms with Gasteiger partial charge in [0.1, 0.15) is 0 Å². The molecule has 0 saturated carbocycles. The number of nitrogens with one attached hydrogen (secondary N) is 1. The predicted molar refractivity (Wildman–Crippen MR) is 79.8 cm³/mol. The van der Waals surface area contributed by atoms with Crippen LogP contribution in [0.3, 0.4) is 0 Å². The standard InChI is InChI=1S/C14H22N2OS/c1-2-9-16-14(17)11-18-10-3-4-12-5-7-13(15)8-6-12/h5-8H,2-4,9-11,15H2,1H3,(H,16,17). The van der Waals surface area contributed by atoms with Crippen LogP contribution in [0.2, 0.25) is 0 Å². The third-order valence-electron chi connectivity index (χ3n) is 2.54. The molecule has 3 N–H and O–H groups in total. The van der Waals surface area contributed by atoms with Gasteiger partial charge in [0.15, 0.2) is 0 Å². The van der Waals surface area contributed by atoms with Gasteiger partial charge in [-0.2, -0.15) is 11.8 Å². The van der Waals surface area contributed by atoms with E-state index in [4.69, 9.17) is 5.73 Å². The van der Waals surface area contributed by atoms with Gasteiger partial charge in [-0.3, -0.25) is 4.79 Å². The number of amides is 1. The molecule has 0 aliphatic carbocycles. The topological polar surface area (TPSA) is 55.1 Å².